The van der Waals surface area contributed by atoms with Crippen molar-refractivity contribution in [2.24, 2.45) is 0 Å². The van der Waals surface area contributed by atoms with Gasteiger partial charge < -0.3 is 9.84 Å². The van der Waals surface area contributed by atoms with Gasteiger partial charge in [-0.1, -0.05) is 29.8 Å². The summed E-state index contributed by atoms with van der Waals surface area (Å²) in [5.41, 5.74) is 0.101. The third-order valence-corrected chi connectivity index (χ3v) is 3.11. The van der Waals surface area contributed by atoms with Gasteiger partial charge in [-0.05, 0) is 18.2 Å². The Labute approximate surface area is 124 Å². The van der Waals surface area contributed by atoms with Gasteiger partial charge >= 0.3 is 11.7 Å². The van der Waals surface area contributed by atoms with Gasteiger partial charge in [-0.25, -0.2) is 4.79 Å². The van der Waals surface area contributed by atoms with E-state index in [9.17, 15) is 14.9 Å². The van der Waals surface area contributed by atoms with Crippen molar-refractivity contribution in [3.8, 4) is 5.75 Å². The van der Waals surface area contributed by atoms with Crippen molar-refractivity contribution in [3.63, 3.8) is 0 Å². The van der Waals surface area contributed by atoms with E-state index in [4.69, 9.17) is 21.4 Å². The molecule has 0 unspecified atom stereocenters. The maximum absolute atomic E-state index is 11.0. The number of rotatable bonds is 5. The minimum Gasteiger partial charge on any atom is -0.482 e. The minimum atomic E-state index is -1.24. The number of hydrogen-bond acceptors (Lipinski definition) is 4. The van der Waals surface area contributed by atoms with Gasteiger partial charge in [0.2, 0.25) is 0 Å². The van der Waals surface area contributed by atoms with Crippen molar-refractivity contribution in [1.29, 1.82) is 0 Å². The molecular formula is C14H10ClNO5. The fourth-order valence-corrected chi connectivity index (χ4v) is 1.88. The normalized spacial score (nSPS) is 10.1. The summed E-state index contributed by atoms with van der Waals surface area (Å²) in [5, 5.41) is 20.3. The average Bonchev–Trinajstić information content (AvgIpc) is 2.46. The van der Waals surface area contributed by atoms with Gasteiger partial charge in [0.15, 0.2) is 5.75 Å². The number of aromatic carboxylic acids is 1. The molecule has 0 aromatic heterocycles. The lowest BCUT2D eigenvalue weighted by atomic mass is 10.2. The zero-order valence-electron chi connectivity index (χ0n) is 10.7. The molecule has 2 aromatic rings. The first-order valence-corrected chi connectivity index (χ1v) is 6.25. The first kappa shape index (κ1) is 14.8. The van der Waals surface area contributed by atoms with Crippen molar-refractivity contribution < 1.29 is 19.6 Å². The van der Waals surface area contributed by atoms with E-state index in [1.165, 1.54) is 12.1 Å². The van der Waals surface area contributed by atoms with Crippen LogP contribution in [0.1, 0.15) is 15.9 Å². The largest absolute Gasteiger partial charge is 0.482 e. The van der Waals surface area contributed by atoms with Gasteiger partial charge in [0, 0.05) is 16.7 Å². The number of hydrogen-bond donors (Lipinski definition) is 1. The van der Waals surface area contributed by atoms with E-state index in [0.29, 0.717) is 10.6 Å². The molecule has 7 heteroatoms. The van der Waals surface area contributed by atoms with Gasteiger partial charge in [-0.15, -0.1) is 0 Å². The topological polar surface area (TPSA) is 89.7 Å². The number of carbonyl (C=O) groups is 1. The summed E-state index contributed by atoms with van der Waals surface area (Å²) in [6, 6.07) is 10.4. The Kier molecular flexibility index (Phi) is 4.39. The summed E-state index contributed by atoms with van der Waals surface area (Å²) in [5.74, 6) is -1.25. The van der Waals surface area contributed by atoms with Gasteiger partial charge in [0.05, 0.1) is 10.5 Å². The van der Waals surface area contributed by atoms with Crippen LogP contribution in [0.4, 0.5) is 5.69 Å². The first-order chi connectivity index (χ1) is 9.99. The van der Waals surface area contributed by atoms with E-state index in [1.807, 2.05) is 0 Å². The second-order valence-electron chi connectivity index (χ2n) is 4.12. The summed E-state index contributed by atoms with van der Waals surface area (Å²) in [4.78, 5) is 21.1. The number of nitro benzene ring substituents is 1. The van der Waals surface area contributed by atoms with Gasteiger partial charge in [-0.3, -0.25) is 10.1 Å². The highest BCUT2D eigenvalue weighted by molar-refractivity contribution is 6.31. The molecular weight excluding hydrogens is 298 g/mol. The Morgan fingerprint density at radius 1 is 1.29 bits per heavy atom. The quantitative estimate of drug-likeness (QED) is 0.674. The molecule has 0 amide bonds. The molecule has 2 rings (SSSR count). The van der Waals surface area contributed by atoms with E-state index in [2.05, 4.69) is 0 Å². The molecule has 0 atom stereocenters. The molecule has 6 nitrogen and oxygen atoms in total. The van der Waals surface area contributed by atoms with Crippen LogP contribution < -0.4 is 4.74 Å². The summed E-state index contributed by atoms with van der Waals surface area (Å²) >= 11 is 5.97. The Morgan fingerprint density at radius 3 is 2.62 bits per heavy atom. The lowest BCUT2D eigenvalue weighted by Crippen LogP contribution is -2.02. The second-order valence-corrected chi connectivity index (χ2v) is 4.53. The van der Waals surface area contributed by atoms with Crippen molar-refractivity contribution in [2.45, 2.75) is 6.61 Å². The van der Waals surface area contributed by atoms with Crippen molar-refractivity contribution in [1.82, 2.24) is 0 Å². The Bertz CT molecular complexity index is 702. The van der Waals surface area contributed by atoms with Gasteiger partial charge in [0.25, 0.3) is 0 Å². The smallest absolute Gasteiger partial charge is 0.335 e. The van der Waals surface area contributed by atoms with Crippen LogP contribution in [0.15, 0.2) is 42.5 Å². The van der Waals surface area contributed by atoms with Gasteiger partial charge in [-0.2, -0.15) is 0 Å². The molecule has 21 heavy (non-hydrogen) atoms. The van der Waals surface area contributed by atoms with Crippen LogP contribution in [0.2, 0.25) is 5.02 Å². The van der Waals surface area contributed by atoms with Crippen molar-refractivity contribution in [2.75, 3.05) is 0 Å². The Balaban J connectivity index is 2.26. The summed E-state index contributed by atoms with van der Waals surface area (Å²) < 4.78 is 5.38. The first-order valence-electron chi connectivity index (χ1n) is 5.87. The molecule has 0 spiro atoms. The van der Waals surface area contributed by atoms with Crippen LogP contribution in [0.5, 0.6) is 5.75 Å². The fraction of sp³-hybridized carbons (Fsp3) is 0.0714. The molecule has 0 saturated heterocycles. The number of nitrogens with zero attached hydrogens (tertiary/aromatic N) is 1. The van der Waals surface area contributed by atoms with E-state index < -0.39 is 16.6 Å². The van der Waals surface area contributed by atoms with Crippen molar-refractivity contribution in [3.05, 3.63) is 68.7 Å². The predicted octanol–water partition coefficient (Wildman–Crippen LogP) is 3.53. The molecule has 2 aromatic carbocycles. The van der Waals surface area contributed by atoms with Crippen LogP contribution in [-0.4, -0.2) is 16.0 Å². The van der Waals surface area contributed by atoms with Crippen LogP contribution in [0.3, 0.4) is 0 Å². The number of carboxylic acids is 1. The fourth-order valence-electron chi connectivity index (χ4n) is 1.69. The summed E-state index contributed by atoms with van der Waals surface area (Å²) in [6.45, 7) is 0.0485. The van der Waals surface area contributed by atoms with Crippen LogP contribution in [0, 0.1) is 10.1 Å². The second kappa shape index (κ2) is 6.23. The zero-order valence-corrected chi connectivity index (χ0v) is 11.4. The van der Waals surface area contributed by atoms with E-state index in [-0.39, 0.29) is 17.9 Å². The summed E-state index contributed by atoms with van der Waals surface area (Å²) in [6.07, 6.45) is 0. The molecule has 0 fully saturated rings. The SMILES string of the molecule is O=C(O)c1ccc(OCc2ccccc2Cl)c([N+](=O)[O-])c1. The van der Waals surface area contributed by atoms with Crippen LogP contribution >= 0.6 is 11.6 Å². The zero-order chi connectivity index (χ0) is 15.4. The minimum absolute atomic E-state index is 0.00933. The maximum atomic E-state index is 11.0. The number of ether oxygens (including phenoxy) is 1. The van der Waals surface area contributed by atoms with E-state index >= 15 is 0 Å². The number of benzene rings is 2. The Hall–Kier alpha value is -2.60. The molecule has 0 saturated carbocycles. The molecule has 0 aliphatic heterocycles. The molecule has 0 radical (unpaired) electrons. The highest BCUT2D eigenvalue weighted by atomic mass is 35.5. The molecule has 1 N–H and O–H groups in total. The monoisotopic (exact) mass is 307 g/mol. The third-order valence-electron chi connectivity index (χ3n) is 2.74. The molecule has 0 heterocycles. The van der Waals surface area contributed by atoms with Crippen LogP contribution in [0.25, 0.3) is 0 Å². The number of carboxylic acid groups (broad SMARTS) is 1. The Morgan fingerprint density at radius 2 is 2.00 bits per heavy atom. The lowest BCUT2D eigenvalue weighted by Gasteiger charge is -2.08. The molecule has 0 aliphatic rings. The molecule has 0 bridgehead atoms. The average molecular weight is 308 g/mol. The molecule has 0 aliphatic carbocycles. The highest BCUT2D eigenvalue weighted by Gasteiger charge is 2.18. The summed E-state index contributed by atoms with van der Waals surface area (Å²) in [7, 11) is 0. The van der Waals surface area contributed by atoms with E-state index in [0.717, 1.165) is 6.07 Å². The number of halogens is 1. The molecule has 108 valence electrons. The lowest BCUT2D eigenvalue weighted by molar-refractivity contribution is -0.386. The van der Waals surface area contributed by atoms with Crippen molar-refractivity contribution >= 4 is 23.3 Å². The standard InChI is InChI=1S/C14H10ClNO5/c15-11-4-2-1-3-10(11)8-21-13-6-5-9(14(17)18)7-12(13)16(19)20/h1-7H,8H2,(H,17,18). The maximum Gasteiger partial charge on any atom is 0.335 e. The van der Waals surface area contributed by atoms with Gasteiger partial charge in [0.1, 0.15) is 6.61 Å². The number of nitro groups is 1. The van der Waals surface area contributed by atoms with E-state index in [1.54, 1.807) is 24.3 Å². The predicted molar refractivity (Wildman–Crippen MR) is 75.8 cm³/mol. The highest BCUT2D eigenvalue weighted by Crippen LogP contribution is 2.29. The third kappa shape index (κ3) is 3.49. The van der Waals surface area contributed by atoms with Crippen LogP contribution in [-0.2, 0) is 6.61 Å².